The number of hydrogen-bond acceptors (Lipinski definition) is 5. The van der Waals surface area contributed by atoms with Gasteiger partial charge >= 0.3 is 177 Å². The Balaban J connectivity index is 4.71. The molecule has 2 N–H and O–H groups in total. The zero-order valence-electron chi connectivity index (χ0n) is 17.4. The van der Waals surface area contributed by atoms with Crippen LogP contribution in [-0.2, 0) is 18.4 Å². The van der Waals surface area contributed by atoms with Crippen LogP contribution in [0.2, 0.25) is 4.28 Å². The van der Waals surface area contributed by atoms with Crippen molar-refractivity contribution in [3.63, 3.8) is 0 Å². The number of phosphoric acid groups is 1. The van der Waals surface area contributed by atoms with Gasteiger partial charge < -0.3 is 0 Å². The molecule has 2 atom stereocenters. The Hall–Kier alpha value is 0.774. The molecule has 0 aliphatic rings. The van der Waals surface area contributed by atoms with Crippen LogP contribution in [0.1, 0.15) is 55.4 Å². The number of hydrogen-bond donors (Lipinski definition) is 2. The van der Waals surface area contributed by atoms with Crippen LogP contribution in [0.4, 0.5) is 0 Å². The standard InChI is InChI=1S/C13H27NO6P.C4H9.Lu/c1-8-14(7)11(16)10(15)13(5,6)9-19-21(17,18)20-12(2,3)4;1-4(2)3;/h10,15H,1,8-9H2,2-7H3,(H,17,18);1-3H3;. The van der Waals surface area contributed by atoms with E-state index in [1.54, 1.807) is 41.7 Å². The van der Waals surface area contributed by atoms with Crippen molar-refractivity contribution in [1.82, 2.24) is 4.90 Å². The van der Waals surface area contributed by atoms with Gasteiger partial charge in [0.1, 0.15) is 0 Å². The molecule has 0 bridgehead atoms. The van der Waals surface area contributed by atoms with Gasteiger partial charge in [0.2, 0.25) is 0 Å². The van der Waals surface area contributed by atoms with E-state index in [-0.39, 0.29) is 8.24 Å². The fourth-order valence-corrected chi connectivity index (χ4v) is 4.89. The van der Waals surface area contributed by atoms with Crippen LogP contribution in [-0.4, -0.2) is 52.7 Å². The Morgan fingerprint density at radius 1 is 1.15 bits per heavy atom. The number of phosphoric ester groups is 1. The quantitative estimate of drug-likeness (QED) is 0.423. The molecule has 0 rings (SSSR count). The van der Waals surface area contributed by atoms with E-state index in [4.69, 9.17) is 9.05 Å². The second-order valence-electron chi connectivity index (χ2n) is 8.70. The Kier molecular flexibility index (Phi) is 10.3. The Labute approximate surface area is 176 Å². The Morgan fingerprint density at radius 2 is 1.65 bits per heavy atom. The van der Waals surface area contributed by atoms with Crippen molar-refractivity contribution < 1.29 is 61.4 Å². The number of likely N-dealkylation sites (N-methyl/N-ethyl adjacent to an activating group) is 1. The first kappa shape index (κ1) is 26.8. The molecule has 0 saturated heterocycles. The molecule has 0 saturated carbocycles. The van der Waals surface area contributed by atoms with E-state index in [1.807, 2.05) is 0 Å². The number of aliphatic hydroxyl groups excluding tert-OH is 1. The van der Waals surface area contributed by atoms with Gasteiger partial charge in [-0.2, -0.15) is 0 Å². The minimum absolute atomic E-state index is 0.227. The molecule has 0 radical (unpaired) electrons. The second kappa shape index (κ2) is 10.00. The van der Waals surface area contributed by atoms with Crippen molar-refractivity contribution in [3.8, 4) is 0 Å². The number of nitrogens with zero attached hydrogens (tertiary/aromatic N) is 1. The molecular formula is C17H36LuNO6P. The van der Waals surface area contributed by atoms with Gasteiger partial charge in [0, 0.05) is 0 Å². The predicted octanol–water partition coefficient (Wildman–Crippen LogP) is 3.49. The molecule has 165 valence electrons. The number of carbonyl (C=O) groups is 1. The summed E-state index contributed by atoms with van der Waals surface area (Å²) in [6.45, 7) is 14.9. The summed E-state index contributed by atoms with van der Waals surface area (Å²) in [4.78, 5) is 23.7. The summed E-state index contributed by atoms with van der Waals surface area (Å²) in [5.74, 6) is -0.427. The summed E-state index contributed by atoms with van der Waals surface area (Å²) in [7, 11) is -2.62. The van der Waals surface area contributed by atoms with Gasteiger partial charge in [0.15, 0.2) is 0 Å². The molecule has 0 fully saturated rings. The van der Waals surface area contributed by atoms with E-state index in [2.05, 4.69) is 20.8 Å². The van der Waals surface area contributed by atoms with Gasteiger partial charge in [0.05, 0.1) is 0 Å². The molecule has 2 unspecified atom stereocenters. The van der Waals surface area contributed by atoms with Crippen molar-refractivity contribution in [2.24, 2.45) is 5.41 Å². The van der Waals surface area contributed by atoms with Gasteiger partial charge in [-0.3, -0.25) is 0 Å². The number of aliphatic hydroxyl groups is 1. The van der Waals surface area contributed by atoms with Crippen LogP contribution in [0.5, 0.6) is 0 Å². The zero-order chi connectivity index (χ0) is 21.0. The van der Waals surface area contributed by atoms with E-state index >= 15 is 0 Å². The number of amides is 1. The fraction of sp³-hybridized carbons (Fsp3) is 0.941. The van der Waals surface area contributed by atoms with Gasteiger partial charge in [-0.1, -0.05) is 0 Å². The summed E-state index contributed by atoms with van der Waals surface area (Å²) >= 11 is 0.580. The van der Waals surface area contributed by atoms with E-state index in [0.29, 0.717) is 39.6 Å². The molecule has 1 amide bonds. The molecule has 0 aliphatic heterocycles. The summed E-state index contributed by atoms with van der Waals surface area (Å²) in [5.41, 5.74) is -1.89. The first-order valence-electron chi connectivity index (χ1n) is 8.43. The first-order chi connectivity index (χ1) is 11.4. The summed E-state index contributed by atoms with van der Waals surface area (Å²) in [5, 5.41) is 10.4. The Bertz CT molecular complexity index is 512. The average Bonchev–Trinajstić information content (AvgIpc) is 2.39. The van der Waals surface area contributed by atoms with Crippen LogP contribution < -0.4 is 0 Å². The molecule has 0 aliphatic carbocycles. The topological polar surface area (TPSA) is 96.3 Å². The van der Waals surface area contributed by atoms with Gasteiger partial charge in [-0.15, -0.1) is 0 Å². The molecule has 0 aromatic carbocycles. The normalized spacial score (nSPS) is 17.0. The number of carbonyl (C=O) groups excluding carboxylic acids is 1. The molecule has 0 aromatic rings. The maximum absolute atomic E-state index is 12.5. The molecule has 0 heterocycles. The average molecular weight is 556 g/mol. The van der Waals surface area contributed by atoms with Crippen LogP contribution in [0.15, 0.2) is 0 Å². The van der Waals surface area contributed by atoms with E-state index in [0.717, 1.165) is 2.64 Å². The van der Waals surface area contributed by atoms with Gasteiger partial charge in [0.25, 0.3) is 0 Å². The van der Waals surface area contributed by atoms with Crippen molar-refractivity contribution in [2.45, 2.75) is 71.4 Å². The molecule has 0 spiro atoms. The fourth-order valence-electron chi connectivity index (χ4n) is 1.66. The summed E-state index contributed by atoms with van der Waals surface area (Å²) in [6, 6.07) is 0. The van der Waals surface area contributed by atoms with Crippen molar-refractivity contribution in [3.05, 3.63) is 0 Å². The van der Waals surface area contributed by atoms with Gasteiger partial charge in [-0.05, 0) is 0 Å². The zero-order valence-corrected chi connectivity index (χ0v) is 19.9. The molecular weight excluding hydrogens is 520 g/mol. The Morgan fingerprint density at radius 3 is 2.08 bits per heavy atom. The third-order valence-corrected chi connectivity index (χ3v) is 6.85. The van der Waals surface area contributed by atoms with Crippen molar-refractivity contribution in [1.29, 1.82) is 0 Å². The van der Waals surface area contributed by atoms with Crippen molar-refractivity contribution in [2.75, 3.05) is 20.2 Å². The second-order valence-corrected chi connectivity index (χ2v) is 14.0. The van der Waals surface area contributed by atoms with Crippen molar-refractivity contribution >= 4 is 13.7 Å². The van der Waals surface area contributed by atoms with Crippen LogP contribution >= 0.6 is 7.82 Å². The molecule has 26 heavy (non-hydrogen) atoms. The van der Waals surface area contributed by atoms with Crippen LogP contribution in [0, 0.1) is 38.5 Å². The summed E-state index contributed by atoms with van der Waals surface area (Å²) in [6.07, 6.45) is -1.35. The molecule has 0 aromatic heterocycles. The maximum atomic E-state index is 12.5. The first-order valence-corrected chi connectivity index (χ1v) is 11.9. The van der Waals surface area contributed by atoms with E-state index in [9.17, 15) is 19.4 Å². The number of rotatable bonds is 9. The molecule has 9 heteroatoms. The monoisotopic (exact) mass is 556 g/mol. The summed E-state index contributed by atoms with van der Waals surface area (Å²) < 4.78 is 23.1. The minimum atomic E-state index is -4.27. The van der Waals surface area contributed by atoms with E-state index < -0.39 is 30.8 Å². The van der Waals surface area contributed by atoms with E-state index in [1.165, 1.54) is 4.90 Å². The van der Waals surface area contributed by atoms with Crippen LogP contribution in [0.3, 0.4) is 0 Å². The van der Waals surface area contributed by atoms with Crippen LogP contribution in [0.25, 0.3) is 0 Å². The third kappa shape index (κ3) is 11.6. The SMILES string of the molecule is CN(C[CH2][Lu][C](C)(C)C)C(=O)C(O)C(C)(C)COP(=O)(O)OC(C)(C)C. The molecule has 7 nitrogen and oxygen atoms in total. The third-order valence-electron chi connectivity index (χ3n) is 3.07. The predicted molar refractivity (Wildman–Crippen MR) is 98.6 cm³/mol. The van der Waals surface area contributed by atoms with Gasteiger partial charge in [-0.25, -0.2) is 0 Å².